The van der Waals surface area contributed by atoms with Gasteiger partial charge in [-0.25, -0.2) is 0 Å². The normalized spacial score (nSPS) is 21.5. The molecule has 0 N–H and O–H groups in total. The van der Waals surface area contributed by atoms with Crippen LogP contribution in [0, 0.1) is 5.92 Å². The average molecular weight is 252 g/mol. The van der Waals surface area contributed by atoms with Gasteiger partial charge >= 0.3 is 0 Å². The first kappa shape index (κ1) is 11.9. The highest BCUT2D eigenvalue weighted by atomic mass is 16.1. The summed E-state index contributed by atoms with van der Waals surface area (Å²) in [5, 5.41) is 0. The smallest absolute Gasteiger partial charge is 0.169 e. The molecule has 0 radical (unpaired) electrons. The van der Waals surface area contributed by atoms with Crippen LogP contribution >= 0.6 is 0 Å². The maximum Gasteiger partial charge on any atom is 0.169 e. The van der Waals surface area contributed by atoms with Crippen LogP contribution in [0.5, 0.6) is 0 Å². The van der Waals surface area contributed by atoms with Crippen LogP contribution in [-0.2, 0) is 0 Å². The van der Waals surface area contributed by atoms with Gasteiger partial charge in [0.2, 0.25) is 0 Å². The number of ketones is 1. The van der Waals surface area contributed by atoms with Crippen molar-refractivity contribution in [2.75, 3.05) is 13.1 Å². The zero-order valence-electron chi connectivity index (χ0n) is 10.9. The Kier molecular flexibility index (Phi) is 3.03. The largest absolute Gasteiger partial charge is 0.333 e. The van der Waals surface area contributed by atoms with Crippen molar-refractivity contribution < 1.29 is 4.79 Å². The lowest BCUT2D eigenvalue weighted by atomic mass is 9.95. The Balaban J connectivity index is 1.80. The van der Waals surface area contributed by atoms with E-state index in [4.69, 9.17) is 0 Å². The molecule has 1 atom stereocenters. The summed E-state index contributed by atoms with van der Waals surface area (Å²) in [6.45, 7) is 3.35. The minimum Gasteiger partial charge on any atom is -0.333 e. The summed E-state index contributed by atoms with van der Waals surface area (Å²) in [5.41, 5.74) is 1.97. The third kappa shape index (κ3) is 2.36. The van der Waals surface area contributed by atoms with Gasteiger partial charge in [-0.1, -0.05) is 30.3 Å². The van der Waals surface area contributed by atoms with Crippen LogP contribution in [0.4, 0.5) is 0 Å². The Labute approximate surface area is 113 Å². The molecule has 1 unspecified atom stereocenters. The van der Waals surface area contributed by atoms with Crippen LogP contribution in [0.2, 0.25) is 0 Å². The van der Waals surface area contributed by atoms with E-state index in [9.17, 15) is 4.79 Å². The standard InChI is InChI=1S/C16H16N2O/c1-12-7-8-18-11-14(10-17-15(18)9-12)16(19)13-5-3-2-4-6-13/h2-9,14H,10-11H2,1H3. The van der Waals surface area contributed by atoms with Gasteiger partial charge in [0.25, 0.3) is 0 Å². The molecule has 19 heavy (non-hydrogen) atoms. The number of Topliss-reactive ketones (excluding diaryl/α,β-unsaturated/α-hetero) is 1. The SMILES string of the molecule is CC1=CC2=NCC(C(=O)c3ccccc3)CN2C=C1. The summed E-state index contributed by atoms with van der Waals surface area (Å²) in [5.74, 6) is 1.10. The summed E-state index contributed by atoms with van der Waals surface area (Å²) in [6, 6.07) is 9.47. The fraction of sp³-hybridized carbons (Fsp3) is 0.250. The summed E-state index contributed by atoms with van der Waals surface area (Å²) >= 11 is 0. The molecule has 96 valence electrons. The predicted molar refractivity (Wildman–Crippen MR) is 76.2 cm³/mol. The highest BCUT2D eigenvalue weighted by molar-refractivity contribution is 6.01. The summed E-state index contributed by atoms with van der Waals surface area (Å²) in [7, 11) is 0. The molecule has 2 aliphatic rings. The number of hydrogen-bond donors (Lipinski definition) is 0. The molecule has 0 saturated carbocycles. The molecule has 0 fully saturated rings. The molecule has 0 amide bonds. The molecule has 1 aromatic rings. The van der Waals surface area contributed by atoms with E-state index < -0.39 is 0 Å². The average Bonchev–Trinajstić information content (AvgIpc) is 2.47. The molecule has 3 heteroatoms. The highest BCUT2D eigenvalue weighted by Crippen LogP contribution is 2.19. The first-order valence-electron chi connectivity index (χ1n) is 6.51. The van der Waals surface area contributed by atoms with Gasteiger partial charge in [0.05, 0.1) is 12.5 Å². The topological polar surface area (TPSA) is 32.7 Å². The van der Waals surface area contributed by atoms with Crippen LogP contribution in [-0.4, -0.2) is 29.6 Å². The van der Waals surface area contributed by atoms with Crippen molar-refractivity contribution in [3.05, 3.63) is 59.8 Å². The van der Waals surface area contributed by atoms with E-state index in [0.29, 0.717) is 13.1 Å². The van der Waals surface area contributed by atoms with E-state index in [0.717, 1.165) is 11.4 Å². The molecule has 1 aromatic carbocycles. The van der Waals surface area contributed by atoms with Crippen molar-refractivity contribution in [1.82, 2.24) is 4.90 Å². The number of allylic oxidation sites excluding steroid dienone is 2. The third-order valence-corrected chi connectivity index (χ3v) is 3.49. The molecule has 0 saturated heterocycles. The van der Waals surface area contributed by atoms with Crippen molar-refractivity contribution in [2.45, 2.75) is 6.92 Å². The number of fused-ring (bicyclic) bond motifs is 1. The van der Waals surface area contributed by atoms with E-state index in [2.05, 4.69) is 22.9 Å². The fourth-order valence-electron chi connectivity index (χ4n) is 2.41. The quantitative estimate of drug-likeness (QED) is 0.758. The monoisotopic (exact) mass is 252 g/mol. The van der Waals surface area contributed by atoms with Crippen molar-refractivity contribution in [3.8, 4) is 0 Å². The summed E-state index contributed by atoms with van der Waals surface area (Å²) in [6.07, 6.45) is 6.12. The van der Waals surface area contributed by atoms with Crippen molar-refractivity contribution in [1.29, 1.82) is 0 Å². The number of nitrogens with zero attached hydrogens (tertiary/aromatic N) is 2. The van der Waals surface area contributed by atoms with Crippen molar-refractivity contribution in [2.24, 2.45) is 10.9 Å². The Bertz CT molecular complexity index is 584. The number of carbonyl (C=O) groups excluding carboxylic acids is 1. The first-order chi connectivity index (χ1) is 9.24. The molecule has 3 nitrogen and oxygen atoms in total. The number of aliphatic imine (C=N–C) groups is 1. The van der Waals surface area contributed by atoms with E-state index in [1.807, 2.05) is 42.6 Å². The van der Waals surface area contributed by atoms with Gasteiger partial charge in [0, 0.05) is 18.3 Å². The van der Waals surface area contributed by atoms with E-state index in [1.54, 1.807) is 0 Å². The first-order valence-corrected chi connectivity index (χ1v) is 6.51. The second kappa shape index (κ2) is 4.84. The highest BCUT2D eigenvalue weighted by Gasteiger charge is 2.27. The molecular formula is C16H16N2O. The fourth-order valence-corrected chi connectivity index (χ4v) is 2.41. The zero-order valence-corrected chi connectivity index (χ0v) is 10.9. The summed E-state index contributed by atoms with van der Waals surface area (Å²) in [4.78, 5) is 19.0. The maximum absolute atomic E-state index is 12.4. The van der Waals surface area contributed by atoms with Crippen LogP contribution in [0.15, 0.2) is 59.2 Å². The van der Waals surface area contributed by atoms with Crippen LogP contribution in [0.3, 0.4) is 0 Å². The van der Waals surface area contributed by atoms with Gasteiger partial charge < -0.3 is 4.90 Å². The van der Waals surface area contributed by atoms with E-state index in [1.165, 1.54) is 5.57 Å². The number of rotatable bonds is 2. The number of hydrogen-bond acceptors (Lipinski definition) is 3. The second-order valence-electron chi connectivity index (χ2n) is 4.98. The lowest BCUT2D eigenvalue weighted by Gasteiger charge is -2.31. The molecule has 3 rings (SSSR count). The second-order valence-corrected chi connectivity index (χ2v) is 4.98. The van der Waals surface area contributed by atoms with Crippen molar-refractivity contribution >= 4 is 11.6 Å². The van der Waals surface area contributed by atoms with E-state index >= 15 is 0 Å². The number of benzene rings is 1. The summed E-state index contributed by atoms with van der Waals surface area (Å²) < 4.78 is 0. The molecule has 2 heterocycles. The van der Waals surface area contributed by atoms with Crippen LogP contribution in [0.1, 0.15) is 17.3 Å². The number of amidine groups is 1. The Hall–Kier alpha value is -2.16. The zero-order chi connectivity index (χ0) is 13.2. The van der Waals surface area contributed by atoms with Gasteiger partial charge in [0.1, 0.15) is 5.84 Å². The predicted octanol–water partition coefficient (Wildman–Crippen LogP) is 2.67. The minimum atomic E-state index is -0.0531. The van der Waals surface area contributed by atoms with Gasteiger partial charge in [-0.15, -0.1) is 0 Å². The molecule has 0 spiro atoms. The van der Waals surface area contributed by atoms with Crippen molar-refractivity contribution in [3.63, 3.8) is 0 Å². The van der Waals surface area contributed by atoms with Crippen LogP contribution in [0.25, 0.3) is 0 Å². The molecular weight excluding hydrogens is 236 g/mol. The van der Waals surface area contributed by atoms with Gasteiger partial charge in [0.15, 0.2) is 5.78 Å². The Morgan fingerprint density at radius 3 is 2.89 bits per heavy atom. The lowest BCUT2D eigenvalue weighted by Crippen LogP contribution is -2.40. The molecule has 2 aliphatic heterocycles. The van der Waals surface area contributed by atoms with Gasteiger partial charge in [-0.2, -0.15) is 0 Å². The third-order valence-electron chi connectivity index (χ3n) is 3.49. The van der Waals surface area contributed by atoms with Gasteiger partial charge in [-0.3, -0.25) is 9.79 Å². The molecule has 0 bridgehead atoms. The van der Waals surface area contributed by atoms with Crippen LogP contribution < -0.4 is 0 Å². The lowest BCUT2D eigenvalue weighted by molar-refractivity contribution is 0.0909. The van der Waals surface area contributed by atoms with E-state index in [-0.39, 0.29) is 11.7 Å². The Morgan fingerprint density at radius 2 is 2.11 bits per heavy atom. The number of carbonyl (C=O) groups is 1. The maximum atomic E-state index is 12.4. The molecule has 0 aliphatic carbocycles. The molecule has 0 aromatic heterocycles. The van der Waals surface area contributed by atoms with Gasteiger partial charge in [-0.05, 0) is 24.6 Å². The minimum absolute atomic E-state index is 0.0531. The Morgan fingerprint density at radius 1 is 1.32 bits per heavy atom.